The Morgan fingerprint density at radius 1 is 0.741 bits per heavy atom. The standard InChI is InChI=1S/C25H26N2/c1-20-14-16-24-23(19-20)26-25(17-15-22-11-6-3-7-12-22)27(24)18-8-13-21-9-4-2-5-10-21/h2-7,9-12,14,16,19H,8,13,15,17-18H2,1H3. The number of aryl methyl sites for hydroxylation is 5. The van der Waals surface area contributed by atoms with Crippen LogP contribution in [0.15, 0.2) is 78.9 Å². The second kappa shape index (κ2) is 8.22. The minimum atomic E-state index is 0.975. The van der Waals surface area contributed by atoms with E-state index in [-0.39, 0.29) is 0 Å². The number of benzene rings is 3. The van der Waals surface area contributed by atoms with Gasteiger partial charge in [-0.05, 0) is 55.0 Å². The topological polar surface area (TPSA) is 17.8 Å². The zero-order valence-corrected chi connectivity index (χ0v) is 15.9. The Kier molecular flexibility index (Phi) is 5.34. The normalized spacial score (nSPS) is 11.1. The van der Waals surface area contributed by atoms with Crippen molar-refractivity contribution in [2.45, 2.75) is 39.2 Å². The number of aromatic nitrogens is 2. The van der Waals surface area contributed by atoms with Crippen molar-refractivity contribution in [2.24, 2.45) is 0 Å². The van der Waals surface area contributed by atoms with Gasteiger partial charge in [-0.15, -0.1) is 0 Å². The molecule has 2 heteroatoms. The highest BCUT2D eigenvalue weighted by atomic mass is 15.1. The van der Waals surface area contributed by atoms with Gasteiger partial charge in [0.1, 0.15) is 5.82 Å². The Hall–Kier alpha value is -2.87. The highest BCUT2D eigenvalue weighted by Gasteiger charge is 2.11. The van der Waals surface area contributed by atoms with Crippen LogP contribution in [0, 0.1) is 6.92 Å². The minimum Gasteiger partial charge on any atom is -0.328 e. The van der Waals surface area contributed by atoms with E-state index in [9.17, 15) is 0 Å². The van der Waals surface area contributed by atoms with Gasteiger partial charge in [0.15, 0.2) is 0 Å². The Bertz CT molecular complexity index is 1000. The average Bonchev–Trinajstić information content (AvgIpc) is 3.04. The predicted octanol–water partition coefficient (Wildman–Crippen LogP) is 5.76. The first-order chi connectivity index (χ1) is 13.3. The smallest absolute Gasteiger partial charge is 0.110 e. The van der Waals surface area contributed by atoms with Crippen molar-refractivity contribution < 1.29 is 0 Å². The summed E-state index contributed by atoms with van der Waals surface area (Å²) < 4.78 is 2.43. The third kappa shape index (κ3) is 4.28. The molecular weight excluding hydrogens is 328 g/mol. The number of imidazole rings is 1. The summed E-state index contributed by atoms with van der Waals surface area (Å²) in [4.78, 5) is 4.98. The Labute approximate surface area is 161 Å². The minimum absolute atomic E-state index is 0.975. The van der Waals surface area contributed by atoms with Crippen molar-refractivity contribution in [3.8, 4) is 0 Å². The van der Waals surface area contributed by atoms with Gasteiger partial charge in [0.05, 0.1) is 11.0 Å². The molecule has 4 aromatic rings. The van der Waals surface area contributed by atoms with Crippen LogP contribution in [0.3, 0.4) is 0 Å². The van der Waals surface area contributed by atoms with E-state index in [2.05, 4.69) is 90.4 Å². The summed E-state index contributed by atoms with van der Waals surface area (Å²) in [5, 5.41) is 0. The Morgan fingerprint density at radius 2 is 1.41 bits per heavy atom. The number of hydrogen-bond donors (Lipinski definition) is 0. The van der Waals surface area contributed by atoms with Gasteiger partial charge in [0.25, 0.3) is 0 Å². The fraction of sp³-hybridized carbons (Fsp3) is 0.240. The van der Waals surface area contributed by atoms with Crippen LogP contribution < -0.4 is 0 Å². The molecule has 0 bridgehead atoms. The second-order valence-electron chi connectivity index (χ2n) is 7.25. The first-order valence-corrected chi connectivity index (χ1v) is 9.83. The van der Waals surface area contributed by atoms with Crippen LogP contribution in [0.2, 0.25) is 0 Å². The molecule has 0 aliphatic heterocycles. The lowest BCUT2D eigenvalue weighted by Gasteiger charge is -2.10. The molecular formula is C25H26N2. The zero-order valence-electron chi connectivity index (χ0n) is 15.9. The van der Waals surface area contributed by atoms with Crippen LogP contribution >= 0.6 is 0 Å². The van der Waals surface area contributed by atoms with Gasteiger partial charge in [0, 0.05) is 13.0 Å². The van der Waals surface area contributed by atoms with Crippen LogP contribution in [-0.2, 0) is 25.8 Å². The molecule has 0 unspecified atom stereocenters. The summed E-state index contributed by atoms with van der Waals surface area (Å²) in [7, 11) is 0. The van der Waals surface area contributed by atoms with Crippen LogP contribution in [-0.4, -0.2) is 9.55 Å². The quantitative estimate of drug-likeness (QED) is 0.412. The van der Waals surface area contributed by atoms with Crippen LogP contribution in [0.4, 0.5) is 0 Å². The molecule has 1 heterocycles. The molecule has 0 N–H and O–H groups in total. The van der Waals surface area contributed by atoms with Crippen LogP contribution in [0.5, 0.6) is 0 Å². The molecule has 0 fully saturated rings. The lowest BCUT2D eigenvalue weighted by Crippen LogP contribution is -2.06. The predicted molar refractivity (Wildman–Crippen MR) is 113 cm³/mol. The molecule has 0 aliphatic rings. The average molecular weight is 354 g/mol. The maximum atomic E-state index is 4.98. The molecule has 4 rings (SSSR count). The lowest BCUT2D eigenvalue weighted by atomic mass is 10.1. The zero-order chi connectivity index (χ0) is 18.5. The van der Waals surface area contributed by atoms with Gasteiger partial charge in [-0.25, -0.2) is 4.98 Å². The van der Waals surface area contributed by atoms with Gasteiger partial charge in [-0.1, -0.05) is 66.7 Å². The van der Waals surface area contributed by atoms with E-state index in [1.54, 1.807) is 0 Å². The van der Waals surface area contributed by atoms with Crippen molar-refractivity contribution in [1.29, 1.82) is 0 Å². The van der Waals surface area contributed by atoms with Gasteiger partial charge >= 0.3 is 0 Å². The maximum Gasteiger partial charge on any atom is 0.110 e. The lowest BCUT2D eigenvalue weighted by molar-refractivity contribution is 0.622. The van der Waals surface area contributed by atoms with Gasteiger partial charge < -0.3 is 4.57 Å². The first-order valence-electron chi connectivity index (χ1n) is 9.83. The number of rotatable bonds is 7. The molecule has 0 atom stereocenters. The number of fused-ring (bicyclic) bond motifs is 1. The fourth-order valence-corrected chi connectivity index (χ4v) is 3.72. The molecule has 0 saturated carbocycles. The van der Waals surface area contributed by atoms with Crippen molar-refractivity contribution in [3.05, 3.63) is 101 Å². The SMILES string of the molecule is Cc1ccc2c(c1)nc(CCc1ccccc1)n2CCCc1ccccc1. The molecule has 0 saturated heterocycles. The molecule has 0 spiro atoms. The van der Waals surface area contributed by atoms with Gasteiger partial charge in [-0.2, -0.15) is 0 Å². The largest absolute Gasteiger partial charge is 0.328 e. The summed E-state index contributed by atoms with van der Waals surface area (Å²) in [5.41, 5.74) is 6.43. The molecule has 0 radical (unpaired) electrons. The summed E-state index contributed by atoms with van der Waals surface area (Å²) in [6, 6.07) is 28.1. The van der Waals surface area contributed by atoms with E-state index in [1.165, 1.54) is 28.0 Å². The molecule has 0 amide bonds. The number of hydrogen-bond acceptors (Lipinski definition) is 1. The molecule has 2 nitrogen and oxygen atoms in total. The third-order valence-corrected chi connectivity index (χ3v) is 5.15. The van der Waals surface area contributed by atoms with Gasteiger partial charge in [-0.3, -0.25) is 0 Å². The summed E-state index contributed by atoms with van der Waals surface area (Å²) in [6.45, 7) is 3.15. The molecule has 1 aromatic heterocycles. The van der Waals surface area contributed by atoms with E-state index in [4.69, 9.17) is 4.98 Å². The highest BCUT2D eigenvalue weighted by Crippen LogP contribution is 2.20. The van der Waals surface area contributed by atoms with Crippen molar-refractivity contribution in [2.75, 3.05) is 0 Å². The van der Waals surface area contributed by atoms with E-state index < -0.39 is 0 Å². The summed E-state index contributed by atoms with van der Waals surface area (Å²) in [5.74, 6) is 1.20. The number of nitrogens with zero attached hydrogens (tertiary/aromatic N) is 2. The van der Waals surface area contributed by atoms with Crippen molar-refractivity contribution in [3.63, 3.8) is 0 Å². The molecule has 0 aliphatic carbocycles. The molecule has 27 heavy (non-hydrogen) atoms. The van der Waals surface area contributed by atoms with E-state index in [0.717, 1.165) is 37.7 Å². The first kappa shape index (κ1) is 17.5. The van der Waals surface area contributed by atoms with Crippen molar-refractivity contribution in [1.82, 2.24) is 9.55 Å². The van der Waals surface area contributed by atoms with E-state index in [0.29, 0.717) is 0 Å². The van der Waals surface area contributed by atoms with Crippen molar-refractivity contribution >= 4 is 11.0 Å². The van der Waals surface area contributed by atoms with E-state index >= 15 is 0 Å². The second-order valence-corrected chi connectivity index (χ2v) is 7.25. The molecule has 3 aromatic carbocycles. The maximum absolute atomic E-state index is 4.98. The fourth-order valence-electron chi connectivity index (χ4n) is 3.72. The molecule has 136 valence electrons. The Balaban J connectivity index is 1.54. The van der Waals surface area contributed by atoms with Crippen LogP contribution in [0.1, 0.15) is 28.9 Å². The van der Waals surface area contributed by atoms with Gasteiger partial charge in [0.2, 0.25) is 0 Å². The Morgan fingerprint density at radius 3 is 2.11 bits per heavy atom. The highest BCUT2D eigenvalue weighted by molar-refractivity contribution is 5.76. The summed E-state index contributed by atoms with van der Waals surface area (Å²) in [6.07, 6.45) is 4.23. The van der Waals surface area contributed by atoms with Crippen LogP contribution in [0.25, 0.3) is 11.0 Å². The van der Waals surface area contributed by atoms with E-state index in [1.807, 2.05) is 0 Å². The third-order valence-electron chi connectivity index (χ3n) is 5.15. The summed E-state index contributed by atoms with van der Waals surface area (Å²) >= 11 is 0. The monoisotopic (exact) mass is 354 g/mol.